The third-order valence-corrected chi connectivity index (χ3v) is 3.75. The van der Waals surface area contributed by atoms with E-state index in [9.17, 15) is 15.2 Å². The fourth-order valence-corrected chi connectivity index (χ4v) is 2.71. The van der Waals surface area contributed by atoms with E-state index in [1.54, 1.807) is 12.1 Å². The van der Waals surface area contributed by atoms with E-state index in [-0.39, 0.29) is 12.3 Å². The molecule has 1 saturated carbocycles. The summed E-state index contributed by atoms with van der Waals surface area (Å²) in [7, 11) is 0. The van der Waals surface area contributed by atoms with Crippen molar-refractivity contribution in [3.63, 3.8) is 0 Å². The van der Waals surface area contributed by atoms with E-state index in [2.05, 4.69) is 0 Å². The van der Waals surface area contributed by atoms with E-state index in [0.717, 1.165) is 24.0 Å². The van der Waals surface area contributed by atoms with Gasteiger partial charge in [0.25, 0.3) is 5.69 Å². The van der Waals surface area contributed by atoms with E-state index in [1.165, 1.54) is 25.3 Å². The van der Waals surface area contributed by atoms with E-state index in [0.29, 0.717) is 5.92 Å². The Kier molecular flexibility index (Phi) is 4.68. The Morgan fingerprint density at radius 2 is 2.11 bits per heavy atom. The van der Waals surface area contributed by atoms with Gasteiger partial charge in [0.1, 0.15) is 0 Å². The number of nitro benzene ring substituents is 1. The van der Waals surface area contributed by atoms with Crippen LogP contribution in [0.2, 0.25) is 0 Å². The minimum Gasteiger partial charge on any atom is -0.392 e. The lowest BCUT2D eigenvalue weighted by Gasteiger charge is -2.23. The molecule has 1 aromatic carbocycles. The molecule has 19 heavy (non-hydrogen) atoms. The normalized spacial score (nSPS) is 17.4. The Morgan fingerprint density at radius 1 is 1.37 bits per heavy atom. The largest absolute Gasteiger partial charge is 0.392 e. The second-order valence-corrected chi connectivity index (χ2v) is 5.06. The molecular weight excluding hydrogens is 242 g/mol. The Balaban J connectivity index is 2.21. The van der Waals surface area contributed by atoms with Gasteiger partial charge in [-0.15, -0.1) is 0 Å². The zero-order valence-electron chi connectivity index (χ0n) is 10.9. The standard InChI is InChI=1S/C15H19NO3/c17-11-14(13-6-2-1-3-7-13)9-12-5-4-8-15(10-12)16(18)19/h4-5,8-10,13,17H,1-3,6-7,11H2. The van der Waals surface area contributed by atoms with Gasteiger partial charge in [-0.25, -0.2) is 0 Å². The maximum Gasteiger partial charge on any atom is 0.270 e. The van der Waals surface area contributed by atoms with Gasteiger partial charge in [-0.3, -0.25) is 10.1 Å². The number of benzene rings is 1. The van der Waals surface area contributed by atoms with E-state index >= 15 is 0 Å². The topological polar surface area (TPSA) is 63.4 Å². The Bertz CT molecular complexity index is 476. The maximum absolute atomic E-state index is 10.7. The van der Waals surface area contributed by atoms with Crippen molar-refractivity contribution in [1.29, 1.82) is 0 Å². The predicted octanol–water partition coefficient (Wildman–Crippen LogP) is 3.55. The van der Waals surface area contributed by atoms with Gasteiger partial charge in [-0.2, -0.15) is 0 Å². The quantitative estimate of drug-likeness (QED) is 0.666. The van der Waals surface area contributed by atoms with Gasteiger partial charge >= 0.3 is 0 Å². The van der Waals surface area contributed by atoms with Gasteiger partial charge in [0.05, 0.1) is 11.5 Å². The molecular formula is C15H19NO3. The fraction of sp³-hybridized carbons (Fsp3) is 0.467. The lowest BCUT2D eigenvalue weighted by molar-refractivity contribution is -0.384. The highest BCUT2D eigenvalue weighted by molar-refractivity contribution is 5.56. The van der Waals surface area contributed by atoms with E-state index in [1.807, 2.05) is 12.1 Å². The number of hydrogen-bond acceptors (Lipinski definition) is 3. The summed E-state index contributed by atoms with van der Waals surface area (Å²) < 4.78 is 0. The summed E-state index contributed by atoms with van der Waals surface area (Å²) >= 11 is 0. The van der Waals surface area contributed by atoms with Crippen LogP contribution in [0.15, 0.2) is 29.8 Å². The van der Waals surface area contributed by atoms with Crippen LogP contribution < -0.4 is 0 Å². The van der Waals surface area contributed by atoms with Crippen molar-refractivity contribution >= 4 is 11.8 Å². The zero-order chi connectivity index (χ0) is 13.7. The number of hydrogen-bond donors (Lipinski definition) is 1. The van der Waals surface area contributed by atoms with Crippen molar-refractivity contribution in [2.45, 2.75) is 32.1 Å². The van der Waals surface area contributed by atoms with Gasteiger partial charge in [0.15, 0.2) is 0 Å². The lowest BCUT2D eigenvalue weighted by Crippen LogP contribution is -2.11. The minimum atomic E-state index is -0.392. The molecule has 0 unspecified atom stereocenters. The average molecular weight is 261 g/mol. The third kappa shape index (κ3) is 3.64. The summed E-state index contributed by atoms with van der Waals surface area (Å²) in [6.45, 7) is 0.0351. The third-order valence-electron chi connectivity index (χ3n) is 3.75. The number of nitro groups is 1. The number of nitrogens with zero attached hydrogens (tertiary/aromatic N) is 1. The van der Waals surface area contributed by atoms with Crippen LogP contribution in [0.25, 0.3) is 6.08 Å². The molecule has 0 radical (unpaired) electrons. The van der Waals surface area contributed by atoms with Gasteiger partial charge in [0, 0.05) is 12.1 Å². The molecule has 0 heterocycles. The van der Waals surface area contributed by atoms with Gasteiger partial charge in [0.2, 0.25) is 0 Å². The van der Waals surface area contributed by atoms with Crippen LogP contribution in [0.4, 0.5) is 5.69 Å². The molecule has 4 heteroatoms. The molecule has 2 rings (SSSR count). The molecule has 0 spiro atoms. The molecule has 0 atom stereocenters. The summed E-state index contributed by atoms with van der Waals surface area (Å²) in [5.41, 5.74) is 1.89. The van der Waals surface area contributed by atoms with Crippen molar-refractivity contribution in [2.75, 3.05) is 6.61 Å². The van der Waals surface area contributed by atoms with Crippen LogP contribution >= 0.6 is 0 Å². The van der Waals surface area contributed by atoms with Gasteiger partial charge in [-0.1, -0.05) is 37.5 Å². The van der Waals surface area contributed by atoms with Crippen molar-refractivity contribution in [3.8, 4) is 0 Å². The summed E-state index contributed by atoms with van der Waals surface area (Å²) in [6.07, 6.45) is 7.81. The summed E-state index contributed by atoms with van der Waals surface area (Å²) in [6, 6.07) is 6.56. The molecule has 1 aliphatic rings. The first-order valence-electron chi connectivity index (χ1n) is 6.76. The Labute approximate surface area is 112 Å². The molecule has 0 amide bonds. The second-order valence-electron chi connectivity index (χ2n) is 5.06. The molecule has 0 aromatic heterocycles. The predicted molar refractivity (Wildman–Crippen MR) is 74.7 cm³/mol. The van der Waals surface area contributed by atoms with Crippen LogP contribution in [0.1, 0.15) is 37.7 Å². The highest BCUT2D eigenvalue weighted by Gasteiger charge is 2.17. The second kappa shape index (κ2) is 6.48. The SMILES string of the molecule is O=[N+]([O-])c1cccc(C=C(CO)C2CCCCC2)c1. The summed E-state index contributed by atoms with van der Waals surface area (Å²) in [5.74, 6) is 0.429. The van der Waals surface area contributed by atoms with Crippen LogP contribution in [0.3, 0.4) is 0 Å². The average Bonchev–Trinajstić information content (AvgIpc) is 2.46. The molecule has 0 saturated heterocycles. The molecule has 1 fully saturated rings. The number of non-ortho nitro benzene ring substituents is 1. The maximum atomic E-state index is 10.7. The minimum absolute atomic E-state index is 0.0351. The summed E-state index contributed by atoms with van der Waals surface area (Å²) in [5, 5.41) is 20.3. The van der Waals surface area contributed by atoms with E-state index in [4.69, 9.17) is 0 Å². The fourth-order valence-electron chi connectivity index (χ4n) is 2.71. The van der Waals surface area contributed by atoms with Crippen LogP contribution in [-0.2, 0) is 0 Å². The number of aliphatic hydroxyl groups is 1. The van der Waals surface area contributed by atoms with Crippen LogP contribution in [-0.4, -0.2) is 16.6 Å². The molecule has 0 bridgehead atoms. The Hall–Kier alpha value is -1.68. The lowest BCUT2D eigenvalue weighted by atomic mass is 9.83. The molecule has 4 nitrogen and oxygen atoms in total. The summed E-state index contributed by atoms with van der Waals surface area (Å²) in [4.78, 5) is 10.4. The van der Waals surface area contributed by atoms with E-state index < -0.39 is 4.92 Å². The molecule has 1 aromatic rings. The first-order valence-corrected chi connectivity index (χ1v) is 6.76. The first kappa shape index (κ1) is 13.7. The smallest absolute Gasteiger partial charge is 0.270 e. The monoisotopic (exact) mass is 261 g/mol. The first-order chi connectivity index (χ1) is 9.20. The number of aliphatic hydroxyl groups excluding tert-OH is 1. The van der Waals surface area contributed by atoms with Gasteiger partial charge in [-0.05, 0) is 29.9 Å². The highest BCUT2D eigenvalue weighted by atomic mass is 16.6. The van der Waals surface area contributed by atoms with Crippen molar-refractivity contribution in [3.05, 3.63) is 45.5 Å². The molecule has 0 aliphatic heterocycles. The zero-order valence-corrected chi connectivity index (χ0v) is 10.9. The molecule has 1 aliphatic carbocycles. The Morgan fingerprint density at radius 3 is 2.74 bits per heavy atom. The van der Waals surface area contributed by atoms with Crippen molar-refractivity contribution in [2.24, 2.45) is 5.92 Å². The molecule has 102 valence electrons. The molecule has 1 N–H and O–H groups in total. The van der Waals surface area contributed by atoms with Crippen molar-refractivity contribution < 1.29 is 10.0 Å². The van der Waals surface area contributed by atoms with Crippen molar-refractivity contribution in [1.82, 2.24) is 0 Å². The van der Waals surface area contributed by atoms with Gasteiger partial charge < -0.3 is 5.11 Å². The number of rotatable bonds is 4. The van der Waals surface area contributed by atoms with Crippen LogP contribution in [0, 0.1) is 16.0 Å². The highest BCUT2D eigenvalue weighted by Crippen LogP contribution is 2.30. The van der Waals surface area contributed by atoms with Crippen LogP contribution in [0.5, 0.6) is 0 Å².